The van der Waals surface area contributed by atoms with E-state index < -0.39 is 5.60 Å². The lowest BCUT2D eigenvalue weighted by atomic mass is 10.1. The molecule has 0 spiro atoms. The van der Waals surface area contributed by atoms with Crippen LogP contribution in [0.25, 0.3) is 0 Å². The third kappa shape index (κ3) is 3.87. The lowest BCUT2D eigenvalue weighted by Gasteiger charge is -2.34. The van der Waals surface area contributed by atoms with E-state index in [-0.39, 0.29) is 12.3 Å². The maximum absolute atomic E-state index is 12.2. The van der Waals surface area contributed by atoms with E-state index in [9.17, 15) is 4.79 Å². The van der Waals surface area contributed by atoms with Crippen LogP contribution in [0.1, 0.15) is 48.0 Å². The molecule has 2 atom stereocenters. The Labute approximate surface area is 111 Å². The number of amides is 1. The van der Waals surface area contributed by atoms with Gasteiger partial charge in [0.25, 0.3) is 0 Å². The third-order valence-electron chi connectivity index (χ3n) is 3.34. The second-order valence-corrected chi connectivity index (χ2v) is 6.18. The van der Waals surface area contributed by atoms with Gasteiger partial charge in [-0.3, -0.25) is 9.80 Å². The maximum Gasteiger partial charge on any atom is 0.411 e. The summed E-state index contributed by atoms with van der Waals surface area (Å²) in [5.74, 6) is 0.545. The van der Waals surface area contributed by atoms with Crippen molar-refractivity contribution in [1.82, 2.24) is 9.80 Å². The summed E-state index contributed by atoms with van der Waals surface area (Å²) >= 11 is 0. The van der Waals surface area contributed by atoms with Crippen molar-refractivity contribution in [2.24, 2.45) is 5.92 Å². The summed E-state index contributed by atoms with van der Waals surface area (Å²) < 4.78 is 5.50. The van der Waals surface area contributed by atoms with Gasteiger partial charge in [0, 0.05) is 6.54 Å². The van der Waals surface area contributed by atoms with Crippen LogP contribution in [0, 0.1) is 5.92 Å². The van der Waals surface area contributed by atoms with E-state index in [1.807, 2.05) is 25.7 Å². The number of likely N-dealkylation sites (tertiary alicyclic amines) is 1. The highest BCUT2D eigenvalue weighted by Gasteiger charge is 2.37. The van der Waals surface area contributed by atoms with Crippen LogP contribution >= 0.6 is 0 Å². The van der Waals surface area contributed by atoms with Crippen LogP contribution in [-0.4, -0.2) is 47.3 Å². The highest BCUT2D eigenvalue weighted by atomic mass is 16.6. The minimum Gasteiger partial charge on any atom is -0.444 e. The molecule has 1 rings (SSSR count). The van der Waals surface area contributed by atoms with E-state index in [0.717, 1.165) is 26.1 Å². The lowest BCUT2D eigenvalue weighted by Crippen LogP contribution is -2.48. The summed E-state index contributed by atoms with van der Waals surface area (Å²) in [5, 5.41) is 0. The predicted octanol–water partition coefficient (Wildman–Crippen LogP) is 2.93. The fourth-order valence-corrected chi connectivity index (χ4v) is 2.53. The quantitative estimate of drug-likeness (QED) is 0.778. The van der Waals surface area contributed by atoms with Gasteiger partial charge in [0.15, 0.2) is 0 Å². The van der Waals surface area contributed by atoms with Crippen molar-refractivity contribution in [2.75, 3.05) is 19.6 Å². The molecule has 0 bridgehead atoms. The van der Waals surface area contributed by atoms with E-state index in [1.54, 1.807) is 0 Å². The third-order valence-corrected chi connectivity index (χ3v) is 3.34. The Balaban J connectivity index is 2.75. The Morgan fingerprint density at radius 3 is 2.33 bits per heavy atom. The molecule has 0 saturated carbocycles. The van der Waals surface area contributed by atoms with Gasteiger partial charge in [-0.05, 0) is 46.2 Å². The Morgan fingerprint density at radius 2 is 1.89 bits per heavy atom. The highest BCUT2D eigenvalue weighted by Crippen LogP contribution is 2.27. The number of ether oxygens (including phenoxy) is 1. The number of rotatable bonds is 3. The number of hydrogen-bond acceptors (Lipinski definition) is 3. The van der Waals surface area contributed by atoms with Gasteiger partial charge in [0.05, 0.1) is 6.17 Å². The summed E-state index contributed by atoms with van der Waals surface area (Å²) in [7, 11) is 0. The van der Waals surface area contributed by atoms with E-state index >= 15 is 0 Å². The van der Waals surface area contributed by atoms with Gasteiger partial charge < -0.3 is 4.74 Å². The molecule has 0 N–H and O–H groups in total. The Bertz CT molecular complexity index is 282. The zero-order chi connectivity index (χ0) is 13.9. The summed E-state index contributed by atoms with van der Waals surface area (Å²) in [6.45, 7) is 14.9. The van der Waals surface area contributed by atoms with E-state index in [4.69, 9.17) is 4.74 Å². The van der Waals surface area contributed by atoms with Crippen molar-refractivity contribution in [3.05, 3.63) is 0 Å². The van der Waals surface area contributed by atoms with Crippen molar-refractivity contribution in [1.29, 1.82) is 0 Å². The smallest absolute Gasteiger partial charge is 0.411 e. The first kappa shape index (κ1) is 15.3. The Kier molecular flexibility index (Phi) is 5.02. The van der Waals surface area contributed by atoms with Crippen LogP contribution in [0.3, 0.4) is 0 Å². The van der Waals surface area contributed by atoms with Gasteiger partial charge >= 0.3 is 6.09 Å². The molecule has 1 aliphatic heterocycles. The first-order chi connectivity index (χ1) is 8.28. The average Bonchev–Trinajstić information content (AvgIpc) is 2.60. The molecular weight excluding hydrogens is 228 g/mol. The van der Waals surface area contributed by atoms with Crippen molar-refractivity contribution < 1.29 is 9.53 Å². The molecule has 18 heavy (non-hydrogen) atoms. The molecule has 1 fully saturated rings. The van der Waals surface area contributed by atoms with E-state index in [2.05, 4.69) is 25.7 Å². The second-order valence-electron chi connectivity index (χ2n) is 6.18. The Hall–Kier alpha value is -0.770. The molecule has 1 heterocycles. The summed E-state index contributed by atoms with van der Waals surface area (Å²) in [6, 6.07) is 0. The zero-order valence-electron chi connectivity index (χ0n) is 12.7. The molecule has 4 heteroatoms. The first-order valence-corrected chi connectivity index (χ1v) is 7.02. The summed E-state index contributed by atoms with van der Waals surface area (Å²) in [6.07, 6.45) is 1.06. The fourth-order valence-electron chi connectivity index (χ4n) is 2.53. The van der Waals surface area contributed by atoms with Crippen molar-refractivity contribution in [2.45, 2.75) is 59.7 Å². The minimum atomic E-state index is -0.420. The van der Waals surface area contributed by atoms with E-state index in [1.165, 1.54) is 0 Å². The van der Waals surface area contributed by atoms with Gasteiger partial charge in [0.1, 0.15) is 5.60 Å². The topological polar surface area (TPSA) is 32.8 Å². The zero-order valence-corrected chi connectivity index (χ0v) is 12.7. The molecule has 0 aliphatic carbocycles. The molecule has 0 radical (unpaired) electrons. The van der Waals surface area contributed by atoms with Crippen LogP contribution in [0.15, 0.2) is 0 Å². The van der Waals surface area contributed by atoms with Crippen LogP contribution in [0.4, 0.5) is 4.79 Å². The second kappa shape index (κ2) is 5.91. The van der Waals surface area contributed by atoms with Crippen molar-refractivity contribution in [3.63, 3.8) is 0 Å². The standard InChI is InChI=1S/C14H28N2O2/c1-7-15(8-2)12-9-11(3)10-16(12)13(17)18-14(4,5)6/h11-12H,7-10H2,1-6H3. The molecule has 1 amide bonds. The molecular formula is C14H28N2O2. The minimum absolute atomic E-state index is 0.177. The largest absolute Gasteiger partial charge is 0.444 e. The SMILES string of the molecule is CCN(CC)C1CC(C)CN1C(=O)OC(C)(C)C. The van der Waals surface area contributed by atoms with Crippen LogP contribution in [0.5, 0.6) is 0 Å². The van der Waals surface area contributed by atoms with Crippen molar-refractivity contribution in [3.8, 4) is 0 Å². The highest BCUT2D eigenvalue weighted by molar-refractivity contribution is 5.68. The van der Waals surface area contributed by atoms with Gasteiger partial charge in [-0.25, -0.2) is 4.79 Å². The van der Waals surface area contributed by atoms with Crippen LogP contribution < -0.4 is 0 Å². The van der Waals surface area contributed by atoms with Gasteiger partial charge in [-0.15, -0.1) is 0 Å². The van der Waals surface area contributed by atoms with Crippen molar-refractivity contribution >= 4 is 6.09 Å². The summed E-state index contributed by atoms with van der Waals surface area (Å²) in [5.41, 5.74) is -0.420. The first-order valence-electron chi connectivity index (χ1n) is 7.02. The predicted molar refractivity (Wildman–Crippen MR) is 73.4 cm³/mol. The normalized spacial score (nSPS) is 24.7. The van der Waals surface area contributed by atoms with Gasteiger partial charge in [-0.1, -0.05) is 20.8 Å². The van der Waals surface area contributed by atoms with E-state index in [0.29, 0.717) is 5.92 Å². The monoisotopic (exact) mass is 256 g/mol. The molecule has 1 aliphatic rings. The van der Waals surface area contributed by atoms with Crippen LogP contribution in [0.2, 0.25) is 0 Å². The number of nitrogens with zero attached hydrogens (tertiary/aromatic N) is 2. The van der Waals surface area contributed by atoms with Gasteiger partial charge in [0.2, 0.25) is 0 Å². The maximum atomic E-state index is 12.2. The molecule has 0 aromatic carbocycles. The molecule has 106 valence electrons. The number of carbonyl (C=O) groups is 1. The average molecular weight is 256 g/mol. The molecule has 1 saturated heterocycles. The fraction of sp³-hybridized carbons (Fsp3) is 0.929. The molecule has 0 aromatic rings. The van der Waals surface area contributed by atoms with Gasteiger partial charge in [-0.2, -0.15) is 0 Å². The molecule has 4 nitrogen and oxygen atoms in total. The summed E-state index contributed by atoms with van der Waals surface area (Å²) in [4.78, 5) is 16.4. The number of hydrogen-bond donors (Lipinski definition) is 0. The molecule has 0 aromatic heterocycles. The Morgan fingerprint density at radius 1 is 1.33 bits per heavy atom. The lowest BCUT2D eigenvalue weighted by molar-refractivity contribution is 0.00243. The number of carbonyl (C=O) groups excluding carboxylic acids is 1. The van der Waals surface area contributed by atoms with Crippen LogP contribution in [-0.2, 0) is 4.74 Å². The molecule has 2 unspecified atom stereocenters.